The average Bonchev–Trinajstić information content (AvgIpc) is 2.11. The zero-order valence-corrected chi connectivity index (χ0v) is 9.71. The Morgan fingerprint density at radius 3 is 2.00 bits per heavy atom. The first-order valence-electron chi connectivity index (χ1n) is 5.76. The van der Waals surface area contributed by atoms with E-state index in [1.807, 2.05) is 0 Å². The first kappa shape index (κ1) is 13.0. The molecule has 0 heterocycles. The second-order valence-corrected chi connectivity index (χ2v) is 4.61. The number of rotatable bonds is 7. The molecule has 0 aromatic rings. The lowest BCUT2D eigenvalue weighted by Crippen LogP contribution is -2.14. The van der Waals surface area contributed by atoms with Gasteiger partial charge < -0.3 is 5.11 Å². The topological polar surface area (TPSA) is 20.2 Å². The maximum atomic E-state index is 9.55. The summed E-state index contributed by atoms with van der Waals surface area (Å²) >= 11 is 0. The van der Waals surface area contributed by atoms with Gasteiger partial charge in [0.15, 0.2) is 0 Å². The molecule has 0 radical (unpaired) electrons. The molecule has 2 atom stereocenters. The first-order valence-corrected chi connectivity index (χ1v) is 5.76. The Morgan fingerprint density at radius 2 is 1.54 bits per heavy atom. The average molecular weight is 186 g/mol. The monoisotopic (exact) mass is 186 g/mol. The minimum Gasteiger partial charge on any atom is -0.393 e. The van der Waals surface area contributed by atoms with Crippen molar-refractivity contribution >= 4 is 0 Å². The lowest BCUT2D eigenvalue weighted by molar-refractivity contribution is 0.112. The van der Waals surface area contributed by atoms with Crippen molar-refractivity contribution in [3.8, 4) is 0 Å². The normalized spacial score (nSPS) is 16.2. The van der Waals surface area contributed by atoms with E-state index in [4.69, 9.17) is 0 Å². The summed E-state index contributed by atoms with van der Waals surface area (Å²) in [7, 11) is 0. The van der Waals surface area contributed by atoms with Gasteiger partial charge in [-0.15, -0.1) is 0 Å². The quantitative estimate of drug-likeness (QED) is 0.602. The largest absolute Gasteiger partial charge is 0.393 e. The summed E-state index contributed by atoms with van der Waals surface area (Å²) in [5.74, 6) is 1.28. The Labute approximate surface area is 83.5 Å². The zero-order valence-electron chi connectivity index (χ0n) is 9.71. The number of unbranched alkanes of at least 4 members (excludes halogenated alkanes) is 1. The highest BCUT2D eigenvalue weighted by molar-refractivity contribution is 4.60. The van der Waals surface area contributed by atoms with Gasteiger partial charge in [-0.05, 0) is 18.3 Å². The van der Waals surface area contributed by atoms with Gasteiger partial charge in [0.2, 0.25) is 0 Å². The molecule has 0 aliphatic carbocycles. The van der Waals surface area contributed by atoms with Crippen LogP contribution in [0.5, 0.6) is 0 Å². The van der Waals surface area contributed by atoms with E-state index >= 15 is 0 Å². The molecule has 0 spiro atoms. The molecular formula is C12H26O. The molecule has 80 valence electrons. The van der Waals surface area contributed by atoms with E-state index in [2.05, 4.69) is 27.7 Å². The minimum absolute atomic E-state index is 0.0862. The van der Waals surface area contributed by atoms with Crippen molar-refractivity contribution in [2.45, 2.75) is 65.9 Å². The van der Waals surface area contributed by atoms with Crippen molar-refractivity contribution in [2.75, 3.05) is 0 Å². The van der Waals surface area contributed by atoms with Crippen LogP contribution in [0.3, 0.4) is 0 Å². The lowest BCUT2D eigenvalue weighted by Gasteiger charge is -2.14. The number of aliphatic hydroxyl groups excluding tert-OH is 1. The maximum Gasteiger partial charge on any atom is 0.0563 e. The van der Waals surface area contributed by atoms with Gasteiger partial charge in [0.1, 0.15) is 0 Å². The lowest BCUT2D eigenvalue weighted by atomic mass is 9.97. The van der Waals surface area contributed by atoms with E-state index in [-0.39, 0.29) is 6.10 Å². The van der Waals surface area contributed by atoms with Crippen molar-refractivity contribution in [1.82, 2.24) is 0 Å². The van der Waals surface area contributed by atoms with Gasteiger partial charge in [0.05, 0.1) is 6.10 Å². The van der Waals surface area contributed by atoms with E-state index in [9.17, 15) is 5.11 Å². The van der Waals surface area contributed by atoms with Crippen molar-refractivity contribution in [1.29, 1.82) is 0 Å². The SMILES string of the molecule is CCC(C)CCCC[C@H](O)C(C)C. The summed E-state index contributed by atoms with van der Waals surface area (Å²) in [6, 6.07) is 0. The highest BCUT2D eigenvalue weighted by Gasteiger charge is 2.08. The summed E-state index contributed by atoms with van der Waals surface area (Å²) in [6.07, 6.45) is 5.96. The van der Waals surface area contributed by atoms with Crippen molar-refractivity contribution < 1.29 is 5.11 Å². The van der Waals surface area contributed by atoms with Crippen LogP contribution in [-0.2, 0) is 0 Å². The molecule has 0 aliphatic heterocycles. The molecular weight excluding hydrogens is 160 g/mol. The van der Waals surface area contributed by atoms with Crippen molar-refractivity contribution in [3.63, 3.8) is 0 Å². The molecule has 1 nitrogen and oxygen atoms in total. The Balaban J connectivity index is 3.25. The zero-order chi connectivity index (χ0) is 10.3. The highest BCUT2D eigenvalue weighted by atomic mass is 16.3. The van der Waals surface area contributed by atoms with E-state index in [1.165, 1.54) is 25.7 Å². The van der Waals surface area contributed by atoms with Gasteiger partial charge in [-0.3, -0.25) is 0 Å². The smallest absolute Gasteiger partial charge is 0.0563 e. The predicted octanol–water partition coefficient (Wildman–Crippen LogP) is 3.61. The highest BCUT2D eigenvalue weighted by Crippen LogP contribution is 2.15. The first-order chi connectivity index (χ1) is 6.07. The van der Waals surface area contributed by atoms with Gasteiger partial charge in [-0.1, -0.05) is 53.4 Å². The molecule has 1 heteroatoms. The van der Waals surface area contributed by atoms with Crippen LogP contribution in [0.15, 0.2) is 0 Å². The molecule has 1 N–H and O–H groups in total. The third-order valence-corrected chi connectivity index (χ3v) is 2.91. The van der Waals surface area contributed by atoms with Crippen molar-refractivity contribution in [2.24, 2.45) is 11.8 Å². The van der Waals surface area contributed by atoms with Gasteiger partial charge in [0.25, 0.3) is 0 Å². The minimum atomic E-state index is -0.0862. The van der Waals surface area contributed by atoms with Gasteiger partial charge in [-0.2, -0.15) is 0 Å². The van der Waals surface area contributed by atoms with Crippen LogP contribution in [0.4, 0.5) is 0 Å². The van der Waals surface area contributed by atoms with Crippen LogP contribution in [0.1, 0.15) is 59.8 Å². The van der Waals surface area contributed by atoms with E-state index < -0.39 is 0 Å². The van der Waals surface area contributed by atoms with Crippen LogP contribution in [0, 0.1) is 11.8 Å². The molecule has 0 amide bonds. The summed E-state index contributed by atoms with van der Waals surface area (Å²) in [4.78, 5) is 0. The number of hydrogen-bond donors (Lipinski definition) is 1. The Morgan fingerprint density at radius 1 is 1.00 bits per heavy atom. The van der Waals surface area contributed by atoms with Crippen LogP contribution in [-0.4, -0.2) is 11.2 Å². The summed E-state index contributed by atoms with van der Waals surface area (Å²) in [5, 5.41) is 9.55. The fourth-order valence-electron chi connectivity index (χ4n) is 1.38. The van der Waals surface area contributed by atoms with Gasteiger partial charge in [-0.25, -0.2) is 0 Å². The predicted molar refractivity (Wildman–Crippen MR) is 58.8 cm³/mol. The number of aliphatic hydroxyl groups is 1. The van der Waals surface area contributed by atoms with Gasteiger partial charge >= 0.3 is 0 Å². The standard InChI is InChI=1S/C12H26O/c1-5-11(4)8-6-7-9-12(13)10(2)3/h10-13H,5-9H2,1-4H3/t11?,12-/m0/s1. The van der Waals surface area contributed by atoms with Crippen molar-refractivity contribution in [3.05, 3.63) is 0 Å². The molecule has 0 aromatic carbocycles. The number of hydrogen-bond acceptors (Lipinski definition) is 1. The fraction of sp³-hybridized carbons (Fsp3) is 1.00. The molecule has 0 fully saturated rings. The Hall–Kier alpha value is -0.0400. The molecule has 0 rings (SSSR count). The molecule has 0 saturated carbocycles. The second kappa shape index (κ2) is 7.37. The molecule has 0 aromatic heterocycles. The molecule has 1 unspecified atom stereocenters. The third-order valence-electron chi connectivity index (χ3n) is 2.91. The molecule has 0 aliphatic rings. The summed E-state index contributed by atoms with van der Waals surface area (Å²) in [5.41, 5.74) is 0. The van der Waals surface area contributed by atoms with Gasteiger partial charge in [0, 0.05) is 0 Å². The summed E-state index contributed by atoms with van der Waals surface area (Å²) < 4.78 is 0. The van der Waals surface area contributed by atoms with E-state index in [0.29, 0.717) is 5.92 Å². The fourth-order valence-corrected chi connectivity index (χ4v) is 1.38. The Bertz CT molecular complexity index is 110. The second-order valence-electron chi connectivity index (χ2n) is 4.61. The maximum absolute atomic E-state index is 9.55. The molecule has 0 saturated heterocycles. The van der Waals surface area contributed by atoms with Crippen LogP contribution in [0.25, 0.3) is 0 Å². The van der Waals surface area contributed by atoms with E-state index in [1.54, 1.807) is 0 Å². The summed E-state index contributed by atoms with van der Waals surface area (Å²) in [6.45, 7) is 8.71. The van der Waals surface area contributed by atoms with Crippen LogP contribution in [0.2, 0.25) is 0 Å². The van der Waals surface area contributed by atoms with Crippen LogP contribution < -0.4 is 0 Å². The molecule has 0 bridgehead atoms. The third kappa shape index (κ3) is 7.06. The van der Waals surface area contributed by atoms with E-state index in [0.717, 1.165) is 12.3 Å². The van der Waals surface area contributed by atoms with Crippen LogP contribution >= 0.6 is 0 Å². The molecule has 13 heavy (non-hydrogen) atoms. The Kier molecular flexibility index (Phi) is 7.35.